The van der Waals surface area contributed by atoms with Crippen molar-refractivity contribution in [2.24, 2.45) is 5.10 Å². The fourth-order valence-corrected chi connectivity index (χ4v) is 1.54. The van der Waals surface area contributed by atoms with Gasteiger partial charge in [0.15, 0.2) is 11.5 Å². The molecule has 0 aromatic heterocycles. The van der Waals surface area contributed by atoms with Crippen LogP contribution in [0, 0.1) is 0 Å². The number of hydrazone groups is 1. The van der Waals surface area contributed by atoms with Crippen LogP contribution in [-0.4, -0.2) is 30.9 Å². The number of rotatable bonds is 3. The molecule has 2 rings (SSSR count). The number of fused-ring (bicyclic) bond motifs is 1. The van der Waals surface area contributed by atoms with Gasteiger partial charge >= 0.3 is 11.8 Å². The lowest BCUT2D eigenvalue weighted by Crippen LogP contribution is -2.41. The molecule has 0 radical (unpaired) electrons. The molecule has 106 valence electrons. The van der Waals surface area contributed by atoms with Crippen LogP contribution < -0.4 is 20.2 Å². The van der Waals surface area contributed by atoms with Gasteiger partial charge < -0.3 is 14.8 Å². The van der Waals surface area contributed by atoms with Crippen molar-refractivity contribution in [2.75, 3.05) is 6.79 Å². The van der Waals surface area contributed by atoms with E-state index >= 15 is 0 Å². The third-order valence-corrected chi connectivity index (χ3v) is 2.40. The van der Waals surface area contributed by atoms with Crippen LogP contribution in [-0.2, 0) is 9.59 Å². The predicted molar refractivity (Wildman–Crippen MR) is 71.6 cm³/mol. The normalized spacial score (nSPS) is 12.8. The maximum Gasteiger partial charge on any atom is 0.329 e. The molecule has 0 spiro atoms. The van der Waals surface area contributed by atoms with Crippen molar-refractivity contribution >= 4 is 18.0 Å². The van der Waals surface area contributed by atoms with E-state index in [1.165, 1.54) is 6.21 Å². The Morgan fingerprint density at radius 1 is 1.25 bits per heavy atom. The largest absolute Gasteiger partial charge is 0.454 e. The number of benzene rings is 1. The average Bonchev–Trinajstić information content (AvgIpc) is 2.85. The van der Waals surface area contributed by atoms with Gasteiger partial charge in [0.2, 0.25) is 6.79 Å². The van der Waals surface area contributed by atoms with Crippen LogP contribution in [0.2, 0.25) is 0 Å². The van der Waals surface area contributed by atoms with E-state index in [2.05, 4.69) is 15.8 Å². The summed E-state index contributed by atoms with van der Waals surface area (Å²) in [5, 5.41) is 6.18. The van der Waals surface area contributed by atoms with E-state index in [-0.39, 0.29) is 12.8 Å². The Bertz CT molecular complexity index is 555. The second-order valence-electron chi connectivity index (χ2n) is 4.44. The monoisotopic (exact) mass is 277 g/mol. The molecule has 1 aliphatic heterocycles. The van der Waals surface area contributed by atoms with Crippen LogP contribution in [0.1, 0.15) is 19.4 Å². The molecule has 0 unspecified atom stereocenters. The van der Waals surface area contributed by atoms with Crippen LogP contribution in [0.3, 0.4) is 0 Å². The molecule has 2 amide bonds. The zero-order chi connectivity index (χ0) is 14.5. The Kier molecular flexibility index (Phi) is 4.19. The zero-order valence-corrected chi connectivity index (χ0v) is 11.2. The van der Waals surface area contributed by atoms with Crippen LogP contribution >= 0.6 is 0 Å². The Hall–Kier alpha value is -2.57. The number of nitrogens with one attached hydrogen (secondary N) is 2. The van der Waals surface area contributed by atoms with Gasteiger partial charge in [-0.3, -0.25) is 9.59 Å². The molecule has 1 aliphatic rings. The lowest BCUT2D eigenvalue weighted by molar-refractivity contribution is -0.139. The molecule has 7 heteroatoms. The summed E-state index contributed by atoms with van der Waals surface area (Å²) < 4.78 is 10.4. The predicted octanol–water partition coefficient (Wildman–Crippen LogP) is 0.390. The highest BCUT2D eigenvalue weighted by Gasteiger charge is 2.14. The maximum atomic E-state index is 11.4. The van der Waals surface area contributed by atoms with Gasteiger partial charge in [-0.25, -0.2) is 5.43 Å². The molecule has 0 fully saturated rings. The average molecular weight is 277 g/mol. The van der Waals surface area contributed by atoms with Gasteiger partial charge in [0.05, 0.1) is 6.21 Å². The van der Waals surface area contributed by atoms with Gasteiger partial charge in [0, 0.05) is 6.04 Å². The molecule has 7 nitrogen and oxygen atoms in total. The van der Waals surface area contributed by atoms with E-state index in [9.17, 15) is 9.59 Å². The Balaban J connectivity index is 1.90. The minimum absolute atomic E-state index is 0.105. The Morgan fingerprint density at radius 3 is 2.75 bits per heavy atom. The highest BCUT2D eigenvalue weighted by Crippen LogP contribution is 2.31. The number of hydrogen-bond donors (Lipinski definition) is 2. The lowest BCUT2D eigenvalue weighted by atomic mass is 10.2. The van der Waals surface area contributed by atoms with Gasteiger partial charge in [-0.2, -0.15) is 5.10 Å². The van der Waals surface area contributed by atoms with Crippen molar-refractivity contribution in [3.8, 4) is 11.5 Å². The van der Waals surface area contributed by atoms with Gasteiger partial charge in [0.25, 0.3) is 0 Å². The van der Waals surface area contributed by atoms with E-state index in [1.54, 1.807) is 32.0 Å². The zero-order valence-electron chi connectivity index (χ0n) is 11.2. The number of hydrogen-bond acceptors (Lipinski definition) is 5. The Labute approximate surface area is 115 Å². The van der Waals surface area contributed by atoms with Gasteiger partial charge in [-0.15, -0.1) is 0 Å². The van der Waals surface area contributed by atoms with E-state index in [1.807, 2.05) is 0 Å². The number of carbonyl (C=O) groups excluding carboxylic acids is 2. The van der Waals surface area contributed by atoms with Crippen molar-refractivity contribution in [1.82, 2.24) is 10.7 Å². The highest BCUT2D eigenvalue weighted by molar-refractivity contribution is 6.35. The highest BCUT2D eigenvalue weighted by atomic mass is 16.7. The molecule has 0 atom stereocenters. The van der Waals surface area contributed by atoms with Crippen LogP contribution in [0.25, 0.3) is 0 Å². The van der Waals surface area contributed by atoms with E-state index in [0.717, 1.165) is 5.56 Å². The van der Waals surface area contributed by atoms with Crippen LogP contribution in [0.4, 0.5) is 0 Å². The minimum Gasteiger partial charge on any atom is -0.454 e. The molecule has 1 heterocycles. The summed E-state index contributed by atoms with van der Waals surface area (Å²) >= 11 is 0. The van der Waals surface area contributed by atoms with Crippen molar-refractivity contribution in [3.63, 3.8) is 0 Å². The van der Waals surface area contributed by atoms with E-state index < -0.39 is 11.8 Å². The first kappa shape index (κ1) is 13.9. The molecule has 0 saturated heterocycles. The van der Waals surface area contributed by atoms with Crippen LogP contribution in [0.15, 0.2) is 23.3 Å². The fraction of sp³-hybridized carbons (Fsp3) is 0.308. The molecule has 0 saturated carbocycles. The van der Waals surface area contributed by atoms with Gasteiger partial charge in [-0.05, 0) is 37.6 Å². The molecule has 20 heavy (non-hydrogen) atoms. The number of carbonyl (C=O) groups is 2. The Morgan fingerprint density at radius 2 is 2.00 bits per heavy atom. The second kappa shape index (κ2) is 6.05. The summed E-state index contributed by atoms with van der Waals surface area (Å²) in [7, 11) is 0. The van der Waals surface area contributed by atoms with E-state index in [4.69, 9.17) is 9.47 Å². The molecule has 0 bridgehead atoms. The van der Waals surface area contributed by atoms with Crippen molar-refractivity contribution < 1.29 is 19.1 Å². The third-order valence-electron chi connectivity index (χ3n) is 2.40. The first-order valence-corrected chi connectivity index (χ1v) is 6.10. The van der Waals surface area contributed by atoms with E-state index in [0.29, 0.717) is 11.5 Å². The minimum atomic E-state index is -0.810. The molecule has 2 N–H and O–H groups in total. The number of nitrogens with zero attached hydrogens (tertiary/aromatic N) is 1. The fourth-order valence-electron chi connectivity index (χ4n) is 1.54. The van der Waals surface area contributed by atoms with Crippen LogP contribution in [0.5, 0.6) is 11.5 Å². The summed E-state index contributed by atoms with van der Waals surface area (Å²) in [6, 6.07) is 5.13. The standard InChI is InChI=1S/C13H15N3O4/c1-8(2)15-12(17)13(18)16-14-6-9-3-4-10-11(5-9)20-7-19-10/h3-6,8H,7H2,1-2H3,(H,15,17)(H,16,18)/b14-6+. The molecule has 0 aliphatic carbocycles. The second-order valence-corrected chi connectivity index (χ2v) is 4.44. The topological polar surface area (TPSA) is 89.0 Å². The number of ether oxygens (including phenoxy) is 2. The quantitative estimate of drug-likeness (QED) is 0.475. The van der Waals surface area contributed by atoms with Gasteiger partial charge in [0.1, 0.15) is 0 Å². The maximum absolute atomic E-state index is 11.4. The molecular formula is C13H15N3O4. The summed E-state index contributed by atoms with van der Waals surface area (Å²) in [5.74, 6) is -0.237. The van der Waals surface area contributed by atoms with Crippen molar-refractivity contribution in [3.05, 3.63) is 23.8 Å². The van der Waals surface area contributed by atoms with Gasteiger partial charge in [-0.1, -0.05) is 0 Å². The lowest BCUT2D eigenvalue weighted by Gasteiger charge is -2.06. The smallest absolute Gasteiger partial charge is 0.329 e. The first-order chi connectivity index (χ1) is 9.56. The molecular weight excluding hydrogens is 262 g/mol. The SMILES string of the molecule is CC(C)NC(=O)C(=O)N/N=C/c1ccc2c(c1)OCO2. The summed E-state index contributed by atoms with van der Waals surface area (Å²) in [5.41, 5.74) is 2.87. The van der Waals surface area contributed by atoms with Crippen molar-refractivity contribution in [1.29, 1.82) is 0 Å². The number of amides is 2. The summed E-state index contributed by atoms with van der Waals surface area (Å²) in [4.78, 5) is 22.7. The third kappa shape index (κ3) is 3.47. The molecule has 1 aromatic rings. The first-order valence-electron chi connectivity index (χ1n) is 6.10. The summed E-state index contributed by atoms with van der Waals surface area (Å²) in [6.45, 7) is 3.73. The van der Waals surface area contributed by atoms with Crippen molar-refractivity contribution in [2.45, 2.75) is 19.9 Å². The molecule has 1 aromatic carbocycles. The summed E-state index contributed by atoms with van der Waals surface area (Å²) in [6.07, 6.45) is 1.42.